The molecule has 2 heterocycles. The molecule has 2 atom stereocenters. The van der Waals surface area contributed by atoms with E-state index in [2.05, 4.69) is 5.32 Å². The van der Waals surface area contributed by atoms with Crippen molar-refractivity contribution in [2.45, 2.75) is 37.7 Å². The lowest BCUT2D eigenvalue weighted by Crippen LogP contribution is -2.66. The van der Waals surface area contributed by atoms with Crippen molar-refractivity contribution >= 4 is 29.7 Å². The van der Waals surface area contributed by atoms with E-state index < -0.39 is 17.6 Å². The molecule has 3 amide bonds. The molecular formula is C12H19N3O4S. The Morgan fingerprint density at radius 1 is 1.45 bits per heavy atom. The maximum Gasteiger partial charge on any atom is 0.327 e. The van der Waals surface area contributed by atoms with Crippen LogP contribution in [0.3, 0.4) is 0 Å². The Hall–Kier alpha value is -1.44. The zero-order chi connectivity index (χ0) is 15.1. The molecule has 7 nitrogen and oxygen atoms in total. The lowest BCUT2D eigenvalue weighted by molar-refractivity contribution is -0.141. The van der Waals surface area contributed by atoms with Crippen molar-refractivity contribution in [2.24, 2.45) is 0 Å². The van der Waals surface area contributed by atoms with E-state index in [4.69, 9.17) is 0 Å². The molecule has 2 unspecified atom stereocenters. The summed E-state index contributed by atoms with van der Waals surface area (Å²) in [4.78, 5) is 38.7. The van der Waals surface area contributed by atoms with Gasteiger partial charge in [0.25, 0.3) is 0 Å². The summed E-state index contributed by atoms with van der Waals surface area (Å²) in [7, 11) is 0. The maximum atomic E-state index is 12.7. The second-order valence-corrected chi connectivity index (χ2v) is 6.79. The van der Waals surface area contributed by atoms with Crippen LogP contribution in [0.1, 0.15) is 20.8 Å². The first-order chi connectivity index (χ1) is 9.26. The Bertz CT molecular complexity index is 450. The predicted octanol–water partition coefficient (Wildman–Crippen LogP) is 0.165. The number of carbonyl (C=O) groups excluding carboxylic acids is 2. The number of piperazine rings is 1. The maximum absolute atomic E-state index is 12.7. The molecule has 2 aliphatic rings. The molecule has 0 aromatic heterocycles. The summed E-state index contributed by atoms with van der Waals surface area (Å²) in [6, 6.07) is -1.21. The lowest BCUT2D eigenvalue weighted by Gasteiger charge is -2.43. The molecule has 0 aromatic carbocycles. The Morgan fingerprint density at radius 2 is 2.10 bits per heavy atom. The third kappa shape index (κ3) is 2.32. The van der Waals surface area contributed by atoms with Crippen LogP contribution < -0.4 is 5.32 Å². The normalized spacial score (nSPS) is 29.2. The first kappa shape index (κ1) is 15.0. The van der Waals surface area contributed by atoms with E-state index in [0.29, 0.717) is 18.8 Å². The van der Waals surface area contributed by atoms with Crippen LogP contribution in [0, 0.1) is 0 Å². The number of hydrogen-bond donors (Lipinski definition) is 2. The van der Waals surface area contributed by atoms with Gasteiger partial charge in [0, 0.05) is 18.8 Å². The summed E-state index contributed by atoms with van der Waals surface area (Å²) < 4.78 is 0. The number of carboxylic acids is 1. The fourth-order valence-electron chi connectivity index (χ4n) is 2.50. The van der Waals surface area contributed by atoms with Gasteiger partial charge >= 0.3 is 12.0 Å². The number of carbonyl (C=O) groups is 3. The molecule has 2 N–H and O–H groups in total. The third-order valence-corrected chi connectivity index (χ3v) is 5.03. The molecule has 0 saturated carbocycles. The summed E-state index contributed by atoms with van der Waals surface area (Å²) in [5.41, 5.74) is -0.967. The van der Waals surface area contributed by atoms with Crippen LogP contribution >= 0.6 is 11.8 Å². The summed E-state index contributed by atoms with van der Waals surface area (Å²) in [5, 5.41) is 11.7. The van der Waals surface area contributed by atoms with E-state index in [-0.39, 0.29) is 17.3 Å². The fraction of sp³-hybridized carbons (Fsp3) is 0.750. The Labute approximate surface area is 121 Å². The molecule has 20 heavy (non-hydrogen) atoms. The zero-order valence-electron chi connectivity index (χ0n) is 11.8. The van der Waals surface area contributed by atoms with Gasteiger partial charge in [-0.3, -0.25) is 9.69 Å². The number of hydrogen-bond acceptors (Lipinski definition) is 4. The minimum Gasteiger partial charge on any atom is -0.480 e. The number of nitrogens with one attached hydrogen (secondary N) is 1. The van der Waals surface area contributed by atoms with Gasteiger partial charge in [0.05, 0.1) is 5.37 Å². The second kappa shape index (κ2) is 5.16. The summed E-state index contributed by atoms with van der Waals surface area (Å²) in [5.74, 6) is -0.846. The number of nitrogens with zero attached hydrogens (tertiary/aromatic N) is 2. The largest absolute Gasteiger partial charge is 0.480 e. The molecule has 0 aliphatic carbocycles. The highest BCUT2D eigenvalue weighted by Crippen LogP contribution is 2.31. The number of amides is 3. The minimum atomic E-state index is -1.01. The van der Waals surface area contributed by atoms with Gasteiger partial charge in [-0.15, -0.1) is 11.8 Å². The Kier molecular flexibility index (Phi) is 3.86. The average Bonchev–Trinajstić information content (AvgIpc) is 2.74. The van der Waals surface area contributed by atoms with Crippen LogP contribution in [0.2, 0.25) is 0 Å². The van der Waals surface area contributed by atoms with Gasteiger partial charge in [0.1, 0.15) is 11.6 Å². The zero-order valence-corrected chi connectivity index (χ0v) is 12.6. The van der Waals surface area contributed by atoms with Crippen molar-refractivity contribution in [2.75, 3.05) is 18.8 Å². The smallest absolute Gasteiger partial charge is 0.327 e. The number of rotatable bonds is 1. The minimum absolute atomic E-state index is 0.204. The van der Waals surface area contributed by atoms with Crippen LogP contribution in [0.15, 0.2) is 0 Å². The Balaban J connectivity index is 2.25. The highest BCUT2D eigenvalue weighted by molar-refractivity contribution is 8.00. The topological polar surface area (TPSA) is 89.9 Å². The van der Waals surface area contributed by atoms with Crippen LogP contribution in [0.25, 0.3) is 0 Å². The molecule has 0 spiro atoms. The average molecular weight is 301 g/mol. The Morgan fingerprint density at radius 3 is 2.70 bits per heavy atom. The molecule has 0 bridgehead atoms. The molecule has 8 heteroatoms. The molecule has 2 aliphatic heterocycles. The molecular weight excluding hydrogens is 282 g/mol. The van der Waals surface area contributed by atoms with Gasteiger partial charge in [0.2, 0.25) is 5.91 Å². The van der Waals surface area contributed by atoms with Gasteiger partial charge in [0.15, 0.2) is 0 Å². The fourth-order valence-corrected chi connectivity index (χ4v) is 3.66. The van der Waals surface area contributed by atoms with Crippen molar-refractivity contribution in [3.63, 3.8) is 0 Å². The molecule has 2 rings (SSSR count). The van der Waals surface area contributed by atoms with Gasteiger partial charge < -0.3 is 15.3 Å². The van der Waals surface area contributed by atoms with Crippen molar-refractivity contribution in [1.82, 2.24) is 15.1 Å². The monoisotopic (exact) mass is 301 g/mol. The first-order valence-electron chi connectivity index (χ1n) is 6.49. The summed E-state index contributed by atoms with van der Waals surface area (Å²) in [6.07, 6.45) is 0. The van der Waals surface area contributed by atoms with Crippen molar-refractivity contribution in [3.05, 3.63) is 0 Å². The number of aliphatic carboxylic acids is 1. The molecule has 2 fully saturated rings. The number of carboxylic acid groups (broad SMARTS) is 1. The lowest BCUT2D eigenvalue weighted by atomic mass is 9.99. The third-order valence-electron chi connectivity index (χ3n) is 3.81. The van der Waals surface area contributed by atoms with Crippen LogP contribution in [-0.4, -0.2) is 68.6 Å². The van der Waals surface area contributed by atoms with Gasteiger partial charge in [-0.1, -0.05) is 0 Å². The van der Waals surface area contributed by atoms with E-state index >= 15 is 0 Å². The van der Waals surface area contributed by atoms with Crippen LogP contribution in [0.5, 0.6) is 0 Å². The molecule has 0 aromatic rings. The summed E-state index contributed by atoms with van der Waals surface area (Å²) in [6.45, 7) is 5.92. The summed E-state index contributed by atoms with van der Waals surface area (Å²) >= 11 is 1.43. The van der Waals surface area contributed by atoms with Gasteiger partial charge in [-0.05, 0) is 20.8 Å². The number of thioether (sulfide) groups is 1. The van der Waals surface area contributed by atoms with E-state index in [1.54, 1.807) is 13.8 Å². The van der Waals surface area contributed by atoms with Crippen molar-refractivity contribution in [1.29, 1.82) is 0 Å². The van der Waals surface area contributed by atoms with E-state index in [1.165, 1.54) is 21.6 Å². The van der Waals surface area contributed by atoms with E-state index in [9.17, 15) is 19.5 Å². The van der Waals surface area contributed by atoms with E-state index in [0.717, 1.165) is 0 Å². The first-order valence-corrected chi connectivity index (χ1v) is 7.54. The predicted molar refractivity (Wildman–Crippen MR) is 74.4 cm³/mol. The SMILES string of the molecule is CC1SCC(C(=O)O)N1C(=O)N1CCNC(=O)C1(C)C. The second-order valence-electron chi connectivity index (χ2n) is 5.44. The quantitative estimate of drug-likeness (QED) is 0.720. The molecule has 112 valence electrons. The highest BCUT2D eigenvalue weighted by atomic mass is 32.2. The van der Waals surface area contributed by atoms with Gasteiger partial charge in [-0.2, -0.15) is 0 Å². The van der Waals surface area contributed by atoms with Crippen LogP contribution in [-0.2, 0) is 9.59 Å². The van der Waals surface area contributed by atoms with Crippen LogP contribution in [0.4, 0.5) is 4.79 Å². The van der Waals surface area contributed by atoms with Crippen molar-refractivity contribution < 1.29 is 19.5 Å². The number of urea groups is 1. The van der Waals surface area contributed by atoms with Gasteiger partial charge in [-0.25, -0.2) is 9.59 Å². The van der Waals surface area contributed by atoms with E-state index in [1.807, 2.05) is 6.92 Å². The molecule has 0 radical (unpaired) electrons. The highest BCUT2D eigenvalue weighted by Gasteiger charge is 2.47. The van der Waals surface area contributed by atoms with Crippen molar-refractivity contribution in [3.8, 4) is 0 Å². The molecule has 2 saturated heterocycles. The standard InChI is InChI=1S/C12H19N3O4S/c1-7-15(8(6-20-7)9(16)17)11(19)14-5-4-13-10(18)12(14,2)3/h7-8H,4-6H2,1-3H3,(H,13,18)(H,16,17).